The molecule has 0 radical (unpaired) electrons. The van der Waals surface area contributed by atoms with E-state index in [1.54, 1.807) is 19.5 Å². The van der Waals surface area contributed by atoms with Crippen LogP contribution >= 0.6 is 0 Å². The second kappa shape index (κ2) is 4.33. The lowest BCUT2D eigenvalue weighted by molar-refractivity contribution is -0.0370. The molecular formula is C12H15N3O2. The van der Waals surface area contributed by atoms with E-state index in [-0.39, 0.29) is 6.23 Å². The predicted octanol–water partition coefficient (Wildman–Crippen LogP) is 2.14. The summed E-state index contributed by atoms with van der Waals surface area (Å²) in [6.07, 6.45) is 6.85. The molecule has 0 aromatic carbocycles. The van der Waals surface area contributed by atoms with Gasteiger partial charge in [-0.05, 0) is 25.3 Å². The minimum Gasteiger partial charge on any atom is -0.496 e. The van der Waals surface area contributed by atoms with Crippen LogP contribution in [0.1, 0.15) is 25.5 Å². The van der Waals surface area contributed by atoms with Crippen molar-refractivity contribution in [3.63, 3.8) is 0 Å². The van der Waals surface area contributed by atoms with E-state index in [1.165, 1.54) is 6.42 Å². The molecule has 1 aliphatic heterocycles. The van der Waals surface area contributed by atoms with Crippen LogP contribution in [0.15, 0.2) is 18.5 Å². The summed E-state index contributed by atoms with van der Waals surface area (Å²) in [6, 6.07) is 1.84. The monoisotopic (exact) mass is 233 g/mol. The molecular weight excluding hydrogens is 218 g/mol. The molecule has 2 aromatic rings. The van der Waals surface area contributed by atoms with Gasteiger partial charge in [-0.1, -0.05) is 0 Å². The first-order chi connectivity index (χ1) is 8.40. The Hall–Kier alpha value is -1.62. The quantitative estimate of drug-likeness (QED) is 0.797. The van der Waals surface area contributed by atoms with Crippen LogP contribution in [0.4, 0.5) is 0 Å². The van der Waals surface area contributed by atoms with Gasteiger partial charge >= 0.3 is 0 Å². The van der Waals surface area contributed by atoms with Gasteiger partial charge in [0.15, 0.2) is 11.9 Å². The molecule has 3 heterocycles. The number of fused-ring (bicyclic) bond motifs is 1. The van der Waals surface area contributed by atoms with E-state index in [4.69, 9.17) is 9.47 Å². The highest BCUT2D eigenvalue weighted by molar-refractivity contribution is 5.81. The molecule has 0 spiro atoms. The Bertz CT molecular complexity index is 517. The van der Waals surface area contributed by atoms with Crippen LogP contribution in [0, 0.1) is 0 Å². The van der Waals surface area contributed by atoms with Crippen LogP contribution in [-0.2, 0) is 4.74 Å². The summed E-state index contributed by atoms with van der Waals surface area (Å²) in [5.74, 6) is 0.803. The zero-order valence-electron chi connectivity index (χ0n) is 9.80. The van der Waals surface area contributed by atoms with Crippen molar-refractivity contribution < 1.29 is 9.47 Å². The Morgan fingerprint density at radius 2 is 2.41 bits per heavy atom. The number of methoxy groups -OCH3 is 1. The molecule has 5 heteroatoms. The van der Waals surface area contributed by atoms with Crippen LogP contribution in [0.2, 0.25) is 0 Å². The molecule has 1 fully saturated rings. The SMILES string of the molecule is COc1ccnc2c1cnn2C1CCCCO1. The molecule has 0 N–H and O–H groups in total. The molecule has 17 heavy (non-hydrogen) atoms. The van der Waals surface area contributed by atoms with Crippen LogP contribution in [0.25, 0.3) is 11.0 Å². The van der Waals surface area contributed by atoms with Gasteiger partial charge in [0.25, 0.3) is 0 Å². The summed E-state index contributed by atoms with van der Waals surface area (Å²) in [5, 5.41) is 5.31. The Morgan fingerprint density at radius 1 is 1.47 bits per heavy atom. The van der Waals surface area contributed by atoms with Gasteiger partial charge in [-0.3, -0.25) is 0 Å². The van der Waals surface area contributed by atoms with E-state index < -0.39 is 0 Å². The Balaban J connectivity index is 2.05. The van der Waals surface area contributed by atoms with Gasteiger partial charge in [0.2, 0.25) is 0 Å². The van der Waals surface area contributed by atoms with Gasteiger partial charge in [-0.25, -0.2) is 9.67 Å². The van der Waals surface area contributed by atoms with Gasteiger partial charge in [0.1, 0.15) is 5.75 Å². The van der Waals surface area contributed by atoms with E-state index in [2.05, 4.69) is 10.1 Å². The minimum atomic E-state index is 0.0147. The third-order valence-corrected chi connectivity index (χ3v) is 3.11. The molecule has 1 aliphatic rings. The average molecular weight is 233 g/mol. The highest BCUT2D eigenvalue weighted by atomic mass is 16.5. The number of nitrogens with zero attached hydrogens (tertiary/aromatic N) is 3. The first-order valence-electron chi connectivity index (χ1n) is 5.88. The Labute approximate surface area is 99.4 Å². The molecule has 1 saturated heterocycles. The molecule has 1 atom stereocenters. The molecule has 2 aromatic heterocycles. The van der Waals surface area contributed by atoms with Crippen molar-refractivity contribution in [3.05, 3.63) is 18.5 Å². The van der Waals surface area contributed by atoms with Crippen molar-refractivity contribution in [2.45, 2.75) is 25.5 Å². The Morgan fingerprint density at radius 3 is 3.18 bits per heavy atom. The molecule has 90 valence electrons. The molecule has 0 amide bonds. The van der Waals surface area contributed by atoms with Crippen LogP contribution in [0.3, 0.4) is 0 Å². The third kappa shape index (κ3) is 1.76. The van der Waals surface area contributed by atoms with Crippen molar-refractivity contribution in [2.75, 3.05) is 13.7 Å². The number of rotatable bonds is 2. The van der Waals surface area contributed by atoms with Crippen LogP contribution in [0.5, 0.6) is 5.75 Å². The Kier molecular flexibility index (Phi) is 2.68. The fraction of sp³-hybridized carbons (Fsp3) is 0.500. The summed E-state index contributed by atoms with van der Waals surface area (Å²) in [7, 11) is 1.66. The predicted molar refractivity (Wildman–Crippen MR) is 62.9 cm³/mol. The van der Waals surface area contributed by atoms with Gasteiger partial charge in [-0.2, -0.15) is 5.10 Å². The van der Waals surface area contributed by atoms with E-state index in [9.17, 15) is 0 Å². The second-order valence-corrected chi connectivity index (χ2v) is 4.16. The van der Waals surface area contributed by atoms with E-state index in [1.807, 2.05) is 10.7 Å². The van der Waals surface area contributed by atoms with E-state index in [0.29, 0.717) is 0 Å². The van der Waals surface area contributed by atoms with Crippen LogP contribution < -0.4 is 4.74 Å². The van der Waals surface area contributed by atoms with E-state index in [0.717, 1.165) is 36.2 Å². The third-order valence-electron chi connectivity index (χ3n) is 3.11. The van der Waals surface area contributed by atoms with Crippen molar-refractivity contribution >= 4 is 11.0 Å². The van der Waals surface area contributed by atoms with Crippen molar-refractivity contribution in [3.8, 4) is 5.75 Å². The summed E-state index contributed by atoms with van der Waals surface area (Å²) in [6.45, 7) is 0.802. The molecule has 0 aliphatic carbocycles. The highest BCUT2D eigenvalue weighted by Crippen LogP contribution is 2.28. The summed E-state index contributed by atoms with van der Waals surface area (Å²) >= 11 is 0. The molecule has 1 unspecified atom stereocenters. The van der Waals surface area contributed by atoms with Crippen molar-refractivity contribution in [2.24, 2.45) is 0 Å². The van der Waals surface area contributed by atoms with E-state index >= 15 is 0 Å². The van der Waals surface area contributed by atoms with Crippen LogP contribution in [-0.4, -0.2) is 28.5 Å². The number of hydrogen-bond acceptors (Lipinski definition) is 4. The number of ether oxygens (including phenoxy) is 2. The average Bonchev–Trinajstić information content (AvgIpc) is 2.83. The maximum Gasteiger partial charge on any atom is 0.164 e. The normalized spacial score (nSPS) is 20.6. The largest absolute Gasteiger partial charge is 0.496 e. The zero-order chi connectivity index (χ0) is 11.7. The zero-order valence-corrected chi connectivity index (χ0v) is 9.80. The minimum absolute atomic E-state index is 0.0147. The molecule has 0 bridgehead atoms. The van der Waals surface area contributed by atoms with Crippen molar-refractivity contribution in [1.82, 2.24) is 14.8 Å². The topological polar surface area (TPSA) is 49.2 Å². The number of pyridine rings is 1. The van der Waals surface area contributed by atoms with Gasteiger partial charge in [0.05, 0.1) is 18.7 Å². The number of aromatic nitrogens is 3. The highest BCUT2D eigenvalue weighted by Gasteiger charge is 2.20. The standard InChI is InChI=1S/C12H15N3O2/c1-16-10-5-6-13-12-9(10)8-14-15(12)11-4-2-3-7-17-11/h5-6,8,11H,2-4,7H2,1H3. The number of hydrogen-bond donors (Lipinski definition) is 0. The first-order valence-corrected chi connectivity index (χ1v) is 5.88. The van der Waals surface area contributed by atoms with Gasteiger partial charge < -0.3 is 9.47 Å². The molecule has 5 nitrogen and oxygen atoms in total. The maximum atomic E-state index is 5.72. The summed E-state index contributed by atoms with van der Waals surface area (Å²) in [4.78, 5) is 4.37. The fourth-order valence-corrected chi connectivity index (χ4v) is 2.23. The lowest BCUT2D eigenvalue weighted by atomic mass is 10.2. The smallest absolute Gasteiger partial charge is 0.164 e. The molecule has 3 rings (SSSR count). The van der Waals surface area contributed by atoms with Gasteiger partial charge in [-0.15, -0.1) is 0 Å². The summed E-state index contributed by atoms with van der Waals surface area (Å²) in [5.41, 5.74) is 0.830. The second-order valence-electron chi connectivity index (χ2n) is 4.16. The first kappa shape index (κ1) is 10.5. The van der Waals surface area contributed by atoms with Crippen molar-refractivity contribution in [1.29, 1.82) is 0 Å². The lowest BCUT2D eigenvalue weighted by Gasteiger charge is -2.22. The maximum absolute atomic E-state index is 5.72. The summed E-state index contributed by atoms with van der Waals surface area (Å²) < 4.78 is 12.9. The lowest BCUT2D eigenvalue weighted by Crippen LogP contribution is -2.19. The molecule has 0 saturated carbocycles. The van der Waals surface area contributed by atoms with Gasteiger partial charge in [0, 0.05) is 12.8 Å². The fourth-order valence-electron chi connectivity index (χ4n) is 2.23.